The number of benzene rings is 2. The van der Waals surface area contributed by atoms with Crippen molar-refractivity contribution >= 4 is 32.4 Å². The summed E-state index contributed by atoms with van der Waals surface area (Å²) in [6.07, 6.45) is 4.70. The van der Waals surface area contributed by atoms with Crippen LogP contribution in [-0.4, -0.2) is 11.5 Å². The molecule has 1 aromatic heterocycles. The second-order valence-corrected chi connectivity index (χ2v) is 5.66. The molecule has 3 aromatic rings. The van der Waals surface area contributed by atoms with Gasteiger partial charge in [0.1, 0.15) is 0 Å². The monoisotopic (exact) mass is 326 g/mol. The SMILES string of the molecule is Brc1ccc2cc(NCCc3cccnc3)ccc2c1. The van der Waals surface area contributed by atoms with Gasteiger partial charge >= 0.3 is 0 Å². The van der Waals surface area contributed by atoms with Gasteiger partial charge in [0, 0.05) is 29.1 Å². The number of aromatic nitrogens is 1. The molecule has 0 saturated heterocycles. The molecule has 0 aliphatic carbocycles. The molecular weight excluding hydrogens is 312 g/mol. The molecule has 0 spiro atoms. The zero-order valence-electron chi connectivity index (χ0n) is 11.0. The van der Waals surface area contributed by atoms with Crippen LogP contribution in [0.2, 0.25) is 0 Å². The molecule has 20 heavy (non-hydrogen) atoms. The molecule has 100 valence electrons. The Hall–Kier alpha value is -1.87. The minimum atomic E-state index is 0.910. The number of anilines is 1. The van der Waals surface area contributed by atoms with E-state index in [1.54, 1.807) is 6.20 Å². The number of nitrogens with zero attached hydrogens (tertiary/aromatic N) is 1. The fraction of sp³-hybridized carbons (Fsp3) is 0.118. The maximum Gasteiger partial charge on any atom is 0.0346 e. The lowest BCUT2D eigenvalue weighted by atomic mass is 10.1. The fourth-order valence-corrected chi connectivity index (χ4v) is 2.60. The molecule has 0 saturated carbocycles. The Balaban J connectivity index is 1.67. The lowest BCUT2D eigenvalue weighted by Crippen LogP contribution is -2.04. The summed E-state index contributed by atoms with van der Waals surface area (Å²) in [6, 6.07) is 16.9. The van der Waals surface area contributed by atoms with Crippen LogP contribution in [-0.2, 0) is 6.42 Å². The van der Waals surface area contributed by atoms with Crippen LogP contribution in [0.1, 0.15) is 5.56 Å². The average Bonchev–Trinajstić information content (AvgIpc) is 2.48. The lowest BCUT2D eigenvalue weighted by molar-refractivity contribution is 1.01. The summed E-state index contributed by atoms with van der Waals surface area (Å²) < 4.78 is 1.11. The molecule has 0 amide bonds. The van der Waals surface area contributed by atoms with Gasteiger partial charge in [-0.05, 0) is 53.1 Å². The van der Waals surface area contributed by atoms with Crippen LogP contribution in [0.3, 0.4) is 0 Å². The van der Waals surface area contributed by atoms with Crippen LogP contribution >= 0.6 is 15.9 Å². The van der Waals surface area contributed by atoms with Gasteiger partial charge < -0.3 is 5.32 Å². The van der Waals surface area contributed by atoms with E-state index in [4.69, 9.17) is 0 Å². The third kappa shape index (κ3) is 3.17. The van der Waals surface area contributed by atoms with Crippen molar-refractivity contribution in [1.82, 2.24) is 4.98 Å². The summed E-state index contributed by atoms with van der Waals surface area (Å²) in [4.78, 5) is 4.13. The van der Waals surface area contributed by atoms with E-state index in [9.17, 15) is 0 Å². The average molecular weight is 327 g/mol. The normalized spacial score (nSPS) is 10.7. The molecule has 0 fully saturated rings. The standard InChI is InChI=1S/C17H15BrN2/c18-16-5-3-15-11-17(6-4-14(15)10-16)20-9-7-13-2-1-8-19-12-13/h1-6,8,10-12,20H,7,9H2. The molecule has 0 aliphatic rings. The maximum absolute atomic E-state index is 4.13. The van der Waals surface area contributed by atoms with Crippen molar-refractivity contribution in [1.29, 1.82) is 0 Å². The number of hydrogen-bond donors (Lipinski definition) is 1. The zero-order chi connectivity index (χ0) is 13.8. The number of hydrogen-bond acceptors (Lipinski definition) is 2. The van der Waals surface area contributed by atoms with Crippen LogP contribution in [0.4, 0.5) is 5.69 Å². The first-order chi connectivity index (χ1) is 9.81. The molecule has 2 nitrogen and oxygen atoms in total. The first kappa shape index (κ1) is 13.1. The van der Waals surface area contributed by atoms with Crippen LogP contribution in [0.25, 0.3) is 10.8 Å². The van der Waals surface area contributed by atoms with Gasteiger partial charge in [0.05, 0.1) is 0 Å². The zero-order valence-corrected chi connectivity index (χ0v) is 12.6. The quantitative estimate of drug-likeness (QED) is 0.754. The molecule has 2 aromatic carbocycles. The summed E-state index contributed by atoms with van der Waals surface area (Å²) in [6.45, 7) is 0.910. The van der Waals surface area contributed by atoms with Crippen molar-refractivity contribution in [2.75, 3.05) is 11.9 Å². The number of rotatable bonds is 4. The second kappa shape index (κ2) is 6.06. The van der Waals surface area contributed by atoms with E-state index in [1.807, 2.05) is 12.3 Å². The van der Waals surface area contributed by atoms with Gasteiger partial charge in [0.25, 0.3) is 0 Å². The smallest absolute Gasteiger partial charge is 0.0346 e. The first-order valence-corrected chi connectivity index (χ1v) is 7.43. The Kier molecular flexibility index (Phi) is 3.97. The topological polar surface area (TPSA) is 24.9 Å². The first-order valence-electron chi connectivity index (χ1n) is 6.63. The molecule has 1 N–H and O–H groups in total. The van der Waals surface area contributed by atoms with Gasteiger partial charge in [0.15, 0.2) is 0 Å². The van der Waals surface area contributed by atoms with E-state index < -0.39 is 0 Å². The van der Waals surface area contributed by atoms with Crippen molar-refractivity contribution < 1.29 is 0 Å². The van der Waals surface area contributed by atoms with Crippen LogP contribution in [0.15, 0.2) is 65.4 Å². The molecule has 0 atom stereocenters. The Bertz CT molecular complexity index is 711. The molecule has 1 heterocycles. The van der Waals surface area contributed by atoms with Crippen molar-refractivity contribution in [3.8, 4) is 0 Å². The van der Waals surface area contributed by atoms with Gasteiger partial charge in [-0.15, -0.1) is 0 Å². The highest BCUT2D eigenvalue weighted by Crippen LogP contribution is 2.22. The van der Waals surface area contributed by atoms with Crippen molar-refractivity contribution in [2.45, 2.75) is 6.42 Å². The van der Waals surface area contributed by atoms with Crippen LogP contribution in [0.5, 0.6) is 0 Å². The minimum absolute atomic E-state index is 0.910. The van der Waals surface area contributed by atoms with Crippen molar-refractivity contribution in [3.63, 3.8) is 0 Å². The maximum atomic E-state index is 4.13. The highest BCUT2D eigenvalue weighted by atomic mass is 79.9. The Morgan fingerprint density at radius 2 is 1.85 bits per heavy atom. The van der Waals surface area contributed by atoms with Gasteiger partial charge in [-0.3, -0.25) is 4.98 Å². The fourth-order valence-electron chi connectivity index (χ4n) is 2.22. The van der Waals surface area contributed by atoms with E-state index in [0.717, 1.165) is 23.1 Å². The van der Waals surface area contributed by atoms with Gasteiger partial charge in [0.2, 0.25) is 0 Å². The molecule has 3 rings (SSSR count). The van der Waals surface area contributed by atoms with Gasteiger partial charge in [-0.25, -0.2) is 0 Å². The van der Waals surface area contributed by atoms with E-state index in [0.29, 0.717) is 0 Å². The molecule has 0 unspecified atom stereocenters. The summed E-state index contributed by atoms with van der Waals surface area (Å²) in [7, 11) is 0. The van der Waals surface area contributed by atoms with E-state index in [1.165, 1.54) is 16.3 Å². The largest absolute Gasteiger partial charge is 0.385 e. The minimum Gasteiger partial charge on any atom is -0.385 e. The number of nitrogens with one attached hydrogen (secondary N) is 1. The van der Waals surface area contributed by atoms with Gasteiger partial charge in [-0.2, -0.15) is 0 Å². The predicted molar refractivity (Wildman–Crippen MR) is 88.1 cm³/mol. The molecule has 0 bridgehead atoms. The van der Waals surface area contributed by atoms with Crippen LogP contribution < -0.4 is 5.32 Å². The predicted octanol–water partition coefficient (Wildman–Crippen LogP) is 4.65. The number of halogens is 1. The molecular formula is C17H15BrN2. The summed E-state index contributed by atoms with van der Waals surface area (Å²) in [5.41, 5.74) is 2.41. The van der Waals surface area contributed by atoms with E-state index >= 15 is 0 Å². The molecule has 0 radical (unpaired) electrons. The summed E-state index contributed by atoms with van der Waals surface area (Å²) >= 11 is 3.50. The van der Waals surface area contributed by atoms with Crippen LogP contribution in [0, 0.1) is 0 Å². The Morgan fingerprint density at radius 1 is 1.00 bits per heavy atom. The van der Waals surface area contributed by atoms with Crippen molar-refractivity contribution in [2.24, 2.45) is 0 Å². The third-order valence-electron chi connectivity index (χ3n) is 3.27. The number of fused-ring (bicyclic) bond motifs is 1. The Morgan fingerprint density at radius 3 is 2.70 bits per heavy atom. The lowest BCUT2D eigenvalue weighted by Gasteiger charge is -2.08. The summed E-state index contributed by atoms with van der Waals surface area (Å²) in [5, 5.41) is 5.96. The van der Waals surface area contributed by atoms with E-state index in [2.05, 4.69) is 68.7 Å². The Labute approximate surface area is 127 Å². The molecule has 3 heteroatoms. The number of pyridine rings is 1. The highest BCUT2D eigenvalue weighted by molar-refractivity contribution is 9.10. The molecule has 0 aliphatic heterocycles. The second-order valence-electron chi connectivity index (χ2n) is 4.74. The van der Waals surface area contributed by atoms with Crippen molar-refractivity contribution in [3.05, 3.63) is 71.0 Å². The van der Waals surface area contributed by atoms with Gasteiger partial charge in [-0.1, -0.05) is 34.1 Å². The van der Waals surface area contributed by atoms with E-state index in [-0.39, 0.29) is 0 Å². The third-order valence-corrected chi connectivity index (χ3v) is 3.76. The highest BCUT2D eigenvalue weighted by Gasteiger charge is 1.98. The summed E-state index contributed by atoms with van der Waals surface area (Å²) in [5.74, 6) is 0.